The van der Waals surface area contributed by atoms with E-state index in [-0.39, 0.29) is 42.9 Å². The van der Waals surface area contributed by atoms with E-state index in [4.69, 9.17) is 4.74 Å². The highest BCUT2D eigenvalue weighted by Crippen LogP contribution is 1.98. The molecule has 0 saturated carbocycles. The third-order valence-corrected chi connectivity index (χ3v) is 3.04. The number of morpholine rings is 1. The van der Waals surface area contributed by atoms with Gasteiger partial charge in [-0.2, -0.15) is 0 Å². The van der Waals surface area contributed by atoms with Crippen LogP contribution in [0.25, 0.3) is 0 Å². The van der Waals surface area contributed by atoms with Crippen LogP contribution in [0.5, 0.6) is 0 Å². The van der Waals surface area contributed by atoms with Crippen molar-refractivity contribution in [1.29, 1.82) is 0 Å². The van der Waals surface area contributed by atoms with Gasteiger partial charge in [0.1, 0.15) is 6.10 Å². The summed E-state index contributed by atoms with van der Waals surface area (Å²) < 4.78 is 5.41. The lowest BCUT2D eigenvalue weighted by Crippen LogP contribution is -2.51. The molecule has 1 saturated heterocycles. The van der Waals surface area contributed by atoms with Crippen LogP contribution in [-0.4, -0.2) is 62.3 Å². The van der Waals surface area contributed by atoms with Crippen molar-refractivity contribution in [2.45, 2.75) is 32.9 Å². The van der Waals surface area contributed by atoms with Gasteiger partial charge in [-0.05, 0) is 20.0 Å². The first kappa shape index (κ1) is 21.2. The minimum Gasteiger partial charge on any atom is -0.366 e. The summed E-state index contributed by atoms with van der Waals surface area (Å²) in [7, 11) is 0. The summed E-state index contributed by atoms with van der Waals surface area (Å²) in [6, 6.07) is 0.160. The van der Waals surface area contributed by atoms with Gasteiger partial charge in [-0.1, -0.05) is 13.8 Å². The number of amides is 1. The van der Waals surface area contributed by atoms with Crippen LogP contribution < -0.4 is 10.6 Å². The van der Waals surface area contributed by atoms with E-state index in [1.54, 1.807) is 0 Å². The second-order valence-electron chi connectivity index (χ2n) is 4.46. The van der Waals surface area contributed by atoms with Crippen molar-refractivity contribution in [3.8, 4) is 0 Å². The van der Waals surface area contributed by atoms with Crippen molar-refractivity contribution >= 4 is 30.7 Å². The molecule has 19 heavy (non-hydrogen) atoms. The van der Waals surface area contributed by atoms with Crippen molar-refractivity contribution in [2.75, 3.05) is 39.3 Å². The van der Waals surface area contributed by atoms with Gasteiger partial charge in [0.25, 0.3) is 5.91 Å². The summed E-state index contributed by atoms with van der Waals surface area (Å²) in [5.74, 6) is -0.00291. The van der Waals surface area contributed by atoms with Gasteiger partial charge in [0, 0.05) is 25.7 Å². The zero-order valence-corrected chi connectivity index (χ0v) is 13.6. The van der Waals surface area contributed by atoms with Crippen LogP contribution in [0, 0.1) is 0 Å². The molecular formula is C12H27Cl2N3O2. The van der Waals surface area contributed by atoms with Crippen LogP contribution >= 0.6 is 24.8 Å². The average molecular weight is 316 g/mol. The molecule has 1 fully saturated rings. The Hall–Kier alpha value is -0.0700. The van der Waals surface area contributed by atoms with Gasteiger partial charge in [0.15, 0.2) is 0 Å². The Morgan fingerprint density at radius 3 is 2.53 bits per heavy atom. The number of hydrogen-bond acceptors (Lipinski definition) is 4. The van der Waals surface area contributed by atoms with Gasteiger partial charge in [0.2, 0.25) is 0 Å². The number of likely N-dealkylation sites (N-methyl/N-ethyl adjacent to an activating group) is 1. The summed E-state index contributed by atoms with van der Waals surface area (Å²) in [6.45, 7) is 11.3. The molecule has 2 atom stereocenters. The van der Waals surface area contributed by atoms with Crippen molar-refractivity contribution in [2.24, 2.45) is 0 Å². The summed E-state index contributed by atoms with van der Waals surface area (Å²) in [6.07, 6.45) is -0.331. The zero-order chi connectivity index (χ0) is 12.7. The van der Waals surface area contributed by atoms with Crippen molar-refractivity contribution in [3.63, 3.8) is 0 Å². The van der Waals surface area contributed by atoms with Crippen LogP contribution in [0.3, 0.4) is 0 Å². The van der Waals surface area contributed by atoms with Gasteiger partial charge in [-0.25, -0.2) is 0 Å². The number of nitrogens with zero attached hydrogens (tertiary/aromatic N) is 1. The largest absolute Gasteiger partial charge is 0.366 e. The minimum absolute atomic E-state index is 0. The molecule has 0 aliphatic carbocycles. The van der Waals surface area contributed by atoms with Crippen molar-refractivity contribution < 1.29 is 9.53 Å². The summed E-state index contributed by atoms with van der Waals surface area (Å²) >= 11 is 0. The standard InChI is InChI=1S/C12H25N3O2.2ClH/c1-4-15(5-2)9-10(3)14-12(16)11-8-13-6-7-17-11;;/h10-11,13H,4-9H2,1-3H3,(H,14,16);2*1H. The summed E-state index contributed by atoms with van der Waals surface area (Å²) in [4.78, 5) is 14.2. The number of rotatable bonds is 6. The highest BCUT2D eigenvalue weighted by Gasteiger charge is 2.23. The molecule has 0 radical (unpaired) electrons. The zero-order valence-electron chi connectivity index (χ0n) is 12.0. The maximum Gasteiger partial charge on any atom is 0.250 e. The lowest BCUT2D eigenvalue weighted by Gasteiger charge is -2.27. The molecule has 1 aliphatic heterocycles. The van der Waals surface area contributed by atoms with Crippen LogP contribution in [0.15, 0.2) is 0 Å². The second-order valence-corrected chi connectivity index (χ2v) is 4.46. The second kappa shape index (κ2) is 11.7. The predicted molar refractivity (Wildman–Crippen MR) is 82.5 cm³/mol. The third-order valence-electron chi connectivity index (χ3n) is 3.04. The topological polar surface area (TPSA) is 53.6 Å². The van der Waals surface area contributed by atoms with Crippen LogP contribution in [0.2, 0.25) is 0 Å². The lowest BCUT2D eigenvalue weighted by molar-refractivity contribution is -0.134. The molecule has 0 spiro atoms. The van der Waals surface area contributed by atoms with E-state index in [0.29, 0.717) is 13.2 Å². The van der Waals surface area contributed by atoms with E-state index in [9.17, 15) is 4.79 Å². The lowest BCUT2D eigenvalue weighted by atomic mass is 10.2. The van der Waals surface area contributed by atoms with E-state index in [1.807, 2.05) is 6.92 Å². The molecule has 1 heterocycles. The monoisotopic (exact) mass is 315 g/mol. The van der Waals surface area contributed by atoms with Crippen LogP contribution in [-0.2, 0) is 9.53 Å². The normalized spacial score (nSPS) is 20.1. The fourth-order valence-corrected chi connectivity index (χ4v) is 1.98. The highest BCUT2D eigenvalue weighted by molar-refractivity contribution is 5.85. The minimum atomic E-state index is -0.331. The SMILES string of the molecule is CCN(CC)CC(C)NC(=O)C1CNCCO1.Cl.Cl. The van der Waals surface area contributed by atoms with E-state index >= 15 is 0 Å². The first-order valence-corrected chi connectivity index (χ1v) is 6.52. The Balaban J connectivity index is 0. The molecule has 0 aromatic heterocycles. The Bertz CT molecular complexity index is 235. The molecule has 116 valence electrons. The van der Waals surface area contributed by atoms with Gasteiger partial charge in [-0.3, -0.25) is 4.79 Å². The highest BCUT2D eigenvalue weighted by atomic mass is 35.5. The van der Waals surface area contributed by atoms with E-state index in [1.165, 1.54) is 0 Å². The Labute approximate surface area is 128 Å². The Morgan fingerprint density at radius 2 is 2.05 bits per heavy atom. The summed E-state index contributed by atoms with van der Waals surface area (Å²) in [5, 5.41) is 6.16. The maximum atomic E-state index is 11.9. The number of hydrogen-bond donors (Lipinski definition) is 2. The predicted octanol–water partition coefficient (Wildman–Crippen LogP) is 0.665. The number of ether oxygens (including phenoxy) is 1. The molecular weight excluding hydrogens is 289 g/mol. The molecule has 2 unspecified atom stereocenters. The Morgan fingerprint density at radius 1 is 1.42 bits per heavy atom. The van der Waals surface area contributed by atoms with Gasteiger partial charge < -0.3 is 20.3 Å². The van der Waals surface area contributed by atoms with Crippen LogP contribution in [0.1, 0.15) is 20.8 Å². The van der Waals surface area contributed by atoms with Crippen LogP contribution in [0.4, 0.5) is 0 Å². The average Bonchev–Trinajstić information content (AvgIpc) is 2.37. The fourth-order valence-electron chi connectivity index (χ4n) is 1.98. The molecule has 1 rings (SSSR count). The number of halogens is 2. The van der Waals surface area contributed by atoms with Crippen molar-refractivity contribution in [3.05, 3.63) is 0 Å². The molecule has 1 amide bonds. The molecule has 5 nitrogen and oxygen atoms in total. The van der Waals surface area contributed by atoms with Gasteiger partial charge in [-0.15, -0.1) is 24.8 Å². The van der Waals surface area contributed by atoms with E-state index < -0.39 is 0 Å². The quantitative estimate of drug-likeness (QED) is 0.756. The maximum absolute atomic E-state index is 11.9. The number of carbonyl (C=O) groups is 1. The third kappa shape index (κ3) is 7.95. The molecule has 2 N–H and O–H groups in total. The van der Waals surface area contributed by atoms with Gasteiger partial charge >= 0.3 is 0 Å². The number of nitrogens with one attached hydrogen (secondary N) is 2. The molecule has 0 bridgehead atoms. The fraction of sp³-hybridized carbons (Fsp3) is 0.917. The molecule has 7 heteroatoms. The first-order valence-electron chi connectivity index (χ1n) is 6.52. The number of carbonyl (C=O) groups excluding carboxylic acids is 1. The Kier molecular flexibility index (Phi) is 13.1. The smallest absolute Gasteiger partial charge is 0.250 e. The molecule has 0 aromatic carbocycles. The van der Waals surface area contributed by atoms with Crippen molar-refractivity contribution in [1.82, 2.24) is 15.5 Å². The molecule has 0 aromatic rings. The first-order chi connectivity index (χ1) is 8.17. The summed E-state index contributed by atoms with van der Waals surface area (Å²) in [5.41, 5.74) is 0. The van der Waals surface area contributed by atoms with Gasteiger partial charge in [0.05, 0.1) is 6.61 Å². The van der Waals surface area contributed by atoms with E-state index in [0.717, 1.165) is 26.2 Å². The van der Waals surface area contributed by atoms with E-state index in [2.05, 4.69) is 29.4 Å². The molecule has 1 aliphatic rings.